The van der Waals surface area contributed by atoms with E-state index in [4.69, 9.17) is 28.9 Å². The van der Waals surface area contributed by atoms with Crippen molar-refractivity contribution in [2.45, 2.75) is 12.8 Å². The van der Waals surface area contributed by atoms with Crippen LogP contribution in [0, 0.1) is 0 Å². The first-order chi connectivity index (χ1) is 8.09. The fraction of sp³-hybridized carbons (Fsp3) is 0.143. The Bertz CT molecular complexity index is 537. The normalized spacial score (nSPS) is 12.4. The van der Waals surface area contributed by atoms with Gasteiger partial charge < -0.3 is 5.73 Å². The lowest BCUT2D eigenvalue weighted by molar-refractivity contribution is 0.926. The summed E-state index contributed by atoms with van der Waals surface area (Å²) >= 11 is 12.2. The molecule has 0 amide bonds. The molecule has 3 heteroatoms. The van der Waals surface area contributed by atoms with Crippen molar-refractivity contribution in [1.29, 1.82) is 0 Å². The highest BCUT2D eigenvalue weighted by atomic mass is 35.5. The van der Waals surface area contributed by atoms with E-state index >= 15 is 0 Å². The Morgan fingerprint density at radius 2 is 1.71 bits per heavy atom. The summed E-state index contributed by atoms with van der Waals surface area (Å²) in [5.41, 5.74) is 8.78. The highest BCUT2D eigenvalue weighted by Crippen LogP contribution is 2.33. The minimum absolute atomic E-state index is 0.127. The summed E-state index contributed by atoms with van der Waals surface area (Å²) in [4.78, 5) is 0. The largest absolute Gasteiger partial charge is 0.398 e. The summed E-state index contributed by atoms with van der Waals surface area (Å²) in [7, 11) is 0. The van der Waals surface area contributed by atoms with E-state index in [-0.39, 0.29) is 5.92 Å². The van der Waals surface area contributed by atoms with E-state index < -0.39 is 0 Å². The third kappa shape index (κ3) is 2.56. The molecule has 0 radical (unpaired) electrons. The Hall–Kier alpha value is -1.18. The average Bonchev–Trinajstić information content (AvgIpc) is 2.32. The third-order valence-electron chi connectivity index (χ3n) is 2.89. The number of hydrogen-bond acceptors (Lipinski definition) is 1. The molecule has 2 aromatic carbocycles. The van der Waals surface area contributed by atoms with Crippen LogP contribution >= 0.6 is 23.2 Å². The Morgan fingerprint density at radius 1 is 1.00 bits per heavy atom. The van der Waals surface area contributed by atoms with Gasteiger partial charge in [-0.3, -0.25) is 0 Å². The van der Waals surface area contributed by atoms with Crippen LogP contribution in [0.1, 0.15) is 24.0 Å². The third-order valence-corrected chi connectivity index (χ3v) is 3.47. The molecule has 2 N–H and O–H groups in total. The number of benzene rings is 2. The van der Waals surface area contributed by atoms with E-state index in [1.54, 1.807) is 6.07 Å². The van der Waals surface area contributed by atoms with Crippen LogP contribution in [0.15, 0.2) is 42.5 Å². The molecule has 1 nitrogen and oxygen atoms in total. The first-order valence-electron chi connectivity index (χ1n) is 5.39. The molecule has 0 aromatic heterocycles. The van der Waals surface area contributed by atoms with Gasteiger partial charge in [-0.15, -0.1) is 0 Å². The predicted molar refractivity (Wildman–Crippen MR) is 74.8 cm³/mol. The smallest absolute Gasteiger partial charge is 0.0444 e. The first kappa shape index (κ1) is 12.3. The van der Waals surface area contributed by atoms with Crippen LogP contribution in [-0.4, -0.2) is 0 Å². The maximum absolute atomic E-state index is 6.19. The summed E-state index contributed by atoms with van der Waals surface area (Å²) in [6.45, 7) is 2.07. The van der Waals surface area contributed by atoms with E-state index in [0.29, 0.717) is 5.02 Å². The highest BCUT2D eigenvalue weighted by molar-refractivity contribution is 6.31. The SMILES string of the molecule is C[C@@H](c1cc(Cl)ccc1N)c1ccccc1Cl. The second-order valence-corrected chi connectivity index (χ2v) is 4.86. The fourth-order valence-electron chi connectivity index (χ4n) is 1.91. The van der Waals surface area contributed by atoms with Crippen molar-refractivity contribution in [2.75, 3.05) is 5.73 Å². The van der Waals surface area contributed by atoms with Gasteiger partial charge in [0.1, 0.15) is 0 Å². The highest BCUT2D eigenvalue weighted by Gasteiger charge is 2.14. The van der Waals surface area contributed by atoms with Gasteiger partial charge in [0.15, 0.2) is 0 Å². The van der Waals surface area contributed by atoms with E-state index in [1.165, 1.54) is 0 Å². The van der Waals surface area contributed by atoms with E-state index in [0.717, 1.165) is 21.8 Å². The molecule has 0 spiro atoms. The van der Waals surface area contributed by atoms with Crippen LogP contribution in [0.4, 0.5) is 5.69 Å². The van der Waals surface area contributed by atoms with Gasteiger partial charge in [-0.1, -0.05) is 48.3 Å². The molecule has 0 fully saturated rings. The van der Waals surface area contributed by atoms with Crippen molar-refractivity contribution < 1.29 is 0 Å². The van der Waals surface area contributed by atoms with Crippen molar-refractivity contribution in [3.05, 3.63) is 63.6 Å². The molecular weight excluding hydrogens is 253 g/mol. The first-order valence-corrected chi connectivity index (χ1v) is 6.14. The molecular formula is C14H13Cl2N. The van der Waals surface area contributed by atoms with Crippen LogP contribution in [-0.2, 0) is 0 Å². The molecule has 0 aliphatic heterocycles. The van der Waals surface area contributed by atoms with Crippen LogP contribution < -0.4 is 5.73 Å². The summed E-state index contributed by atoms with van der Waals surface area (Å²) in [5.74, 6) is 0.127. The molecule has 0 unspecified atom stereocenters. The Balaban J connectivity index is 2.47. The lowest BCUT2D eigenvalue weighted by Gasteiger charge is -2.16. The zero-order valence-electron chi connectivity index (χ0n) is 9.45. The topological polar surface area (TPSA) is 26.0 Å². The minimum atomic E-state index is 0.127. The molecule has 0 bridgehead atoms. The molecule has 0 aliphatic carbocycles. The fourth-order valence-corrected chi connectivity index (χ4v) is 2.39. The van der Waals surface area contributed by atoms with Crippen LogP contribution in [0.3, 0.4) is 0 Å². The average molecular weight is 266 g/mol. The standard InChI is InChI=1S/C14H13Cl2N/c1-9(11-4-2-3-5-13(11)16)12-8-10(15)6-7-14(12)17/h2-9H,17H2,1H3/t9-/m1/s1. The monoisotopic (exact) mass is 265 g/mol. The molecule has 2 aromatic rings. The minimum Gasteiger partial charge on any atom is -0.398 e. The summed E-state index contributed by atoms with van der Waals surface area (Å²) < 4.78 is 0. The number of rotatable bonds is 2. The Kier molecular flexibility index (Phi) is 3.60. The van der Waals surface area contributed by atoms with Gasteiger partial charge in [0, 0.05) is 21.7 Å². The quantitative estimate of drug-likeness (QED) is 0.781. The number of anilines is 1. The summed E-state index contributed by atoms with van der Waals surface area (Å²) in [5, 5.41) is 1.44. The van der Waals surface area contributed by atoms with E-state index in [2.05, 4.69) is 6.92 Å². The molecule has 1 atom stereocenters. The second-order valence-electron chi connectivity index (χ2n) is 4.02. The second kappa shape index (κ2) is 4.99. The molecule has 0 heterocycles. The maximum atomic E-state index is 6.19. The number of nitrogen functional groups attached to an aromatic ring is 1. The van der Waals surface area contributed by atoms with Gasteiger partial charge in [-0.2, -0.15) is 0 Å². The van der Waals surface area contributed by atoms with E-state index in [1.807, 2.05) is 36.4 Å². The summed E-state index contributed by atoms with van der Waals surface area (Å²) in [6, 6.07) is 13.3. The van der Waals surface area contributed by atoms with Gasteiger partial charge in [0.25, 0.3) is 0 Å². The van der Waals surface area contributed by atoms with Crippen LogP contribution in [0.5, 0.6) is 0 Å². The van der Waals surface area contributed by atoms with Gasteiger partial charge >= 0.3 is 0 Å². The maximum Gasteiger partial charge on any atom is 0.0444 e. The zero-order chi connectivity index (χ0) is 12.4. The lowest BCUT2D eigenvalue weighted by atomic mass is 9.92. The van der Waals surface area contributed by atoms with Crippen molar-refractivity contribution in [1.82, 2.24) is 0 Å². The molecule has 2 rings (SSSR count). The van der Waals surface area contributed by atoms with Crippen LogP contribution in [0.2, 0.25) is 10.0 Å². The van der Waals surface area contributed by atoms with Crippen LogP contribution in [0.25, 0.3) is 0 Å². The summed E-state index contributed by atoms with van der Waals surface area (Å²) in [6.07, 6.45) is 0. The number of nitrogens with two attached hydrogens (primary N) is 1. The zero-order valence-corrected chi connectivity index (χ0v) is 11.0. The number of halogens is 2. The molecule has 0 saturated carbocycles. The van der Waals surface area contributed by atoms with Crippen molar-refractivity contribution in [3.8, 4) is 0 Å². The van der Waals surface area contributed by atoms with Crippen molar-refractivity contribution in [2.24, 2.45) is 0 Å². The van der Waals surface area contributed by atoms with Gasteiger partial charge in [0.2, 0.25) is 0 Å². The molecule has 17 heavy (non-hydrogen) atoms. The Morgan fingerprint density at radius 3 is 2.41 bits per heavy atom. The van der Waals surface area contributed by atoms with Crippen molar-refractivity contribution >= 4 is 28.9 Å². The van der Waals surface area contributed by atoms with Gasteiger partial charge in [-0.25, -0.2) is 0 Å². The lowest BCUT2D eigenvalue weighted by Crippen LogP contribution is -2.01. The van der Waals surface area contributed by atoms with Crippen molar-refractivity contribution in [3.63, 3.8) is 0 Å². The van der Waals surface area contributed by atoms with Gasteiger partial charge in [0.05, 0.1) is 0 Å². The Labute approximate surface area is 111 Å². The predicted octanol–water partition coefficient (Wildman–Crippen LogP) is 4.73. The van der Waals surface area contributed by atoms with Gasteiger partial charge in [-0.05, 0) is 35.4 Å². The molecule has 0 aliphatic rings. The molecule has 0 saturated heterocycles. The number of hydrogen-bond donors (Lipinski definition) is 1. The van der Waals surface area contributed by atoms with E-state index in [9.17, 15) is 0 Å². The molecule has 88 valence electrons.